The molecule has 0 aliphatic carbocycles. The van der Waals surface area contributed by atoms with Gasteiger partial charge >= 0.3 is 5.97 Å². The molecule has 0 bridgehead atoms. The SMILES string of the molecule is Cc1ccc(-n2c(C)cc(C=C3C(=O)NC(=S)N(c4cccc(C(=O)O)c4)C3=O)c2C)cc1. The van der Waals surface area contributed by atoms with Gasteiger partial charge in [-0.2, -0.15) is 0 Å². The van der Waals surface area contributed by atoms with Crippen LogP contribution >= 0.6 is 12.2 Å². The Morgan fingerprint density at radius 1 is 1.00 bits per heavy atom. The lowest BCUT2D eigenvalue weighted by molar-refractivity contribution is -0.122. The summed E-state index contributed by atoms with van der Waals surface area (Å²) >= 11 is 5.21. The number of hydrogen-bond donors (Lipinski definition) is 2. The van der Waals surface area contributed by atoms with E-state index in [0.29, 0.717) is 0 Å². The molecule has 166 valence electrons. The van der Waals surface area contributed by atoms with Gasteiger partial charge in [0.25, 0.3) is 11.8 Å². The minimum Gasteiger partial charge on any atom is -0.478 e. The molecule has 0 unspecified atom stereocenters. The lowest BCUT2D eigenvalue weighted by Gasteiger charge is -2.29. The number of benzene rings is 2. The van der Waals surface area contributed by atoms with Crippen molar-refractivity contribution in [1.82, 2.24) is 9.88 Å². The maximum Gasteiger partial charge on any atom is 0.335 e. The quantitative estimate of drug-likeness (QED) is 0.350. The van der Waals surface area contributed by atoms with Crippen LogP contribution in [0.3, 0.4) is 0 Å². The lowest BCUT2D eigenvalue weighted by Crippen LogP contribution is -2.54. The van der Waals surface area contributed by atoms with E-state index in [4.69, 9.17) is 12.2 Å². The fourth-order valence-electron chi connectivity index (χ4n) is 3.85. The standard InChI is InChI=1S/C25H21N3O4S/c1-14-7-9-19(10-8-14)27-15(2)11-18(16(27)3)13-21-22(29)26-25(33)28(23(21)30)20-6-4-5-17(12-20)24(31)32/h4-13H,1-3H3,(H,31,32)(H,26,29,33). The van der Waals surface area contributed by atoms with Gasteiger partial charge in [-0.1, -0.05) is 23.8 Å². The summed E-state index contributed by atoms with van der Waals surface area (Å²) in [5, 5.41) is 11.7. The fourth-order valence-corrected chi connectivity index (χ4v) is 4.13. The van der Waals surface area contributed by atoms with Crippen molar-refractivity contribution in [1.29, 1.82) is 0 Å². The van der Waals surface area contributed by atoms with Gasteiger partial charge < -0.3 is 9.67 Å². The molecule has 2 aromatic carbocycles. The summed E-state index contributed by atoms with van der Waals surface area (Å²) in [6.45, 7) is 5.89. The third-order valence-electron chi connectivity index (χ3n) is 5.52. The van der Waals surface area contributed by atoms with E-state index < -0.39 is 17.8 Å². The summed E-state index contributed by atoms with van der Waals surface area (Å²) in [7, 11) is 0. The summed E-state index contributed by atoms with van der Waals surface area (Å²) in [5.74, 6) is -2.35. The maximum atomic E-state index is 13.3. The van der Waals surface area contributed by atoms with Crippen LogP contribution in [0.2, 0.25) is 0 Å². The van der Waals surface area contributed by atoms with Crippen LogP contribution in [0.4, 0.5) is 5.69 Å². The molecule has 1 aromatic heterocycles. The van der Waals surface area contributed by atoms with Gasteiger partial charge in [0.1, 0.15) is 5.57 Å². The van der Waals surface area contributed by atoms with Crippen molar-refractivity contribution in [3.05, 3.63) is 88.2 Å². The van der Waals surface area contributed by atoms with Gasteiger partial charge in [-0.15, -0.1) is 0 Å². The molecule has 2 N–H and O–H groups in total. The molecule has 2 heterocycles. The van der Waals surface area contributed by atoms with Gasteiger partial charge in [-0.05, 0) is 81.0 Å². The second-order valence-electron chi connectivity index (χ2n) is 7.81. The molecule has 0 spiro atoms. The normalized spacial score (nSPS) is 15.2. The highest BCUT2D eigenvalue weighted by Gasteiger charge is 2.35. The first-order valence-electron chi connectivity index (χ1n) is 10.2. The largest absolute Gasteiger partial charge is 0.478 e. The minimum atomic E-state index is -1.13. The number of carboxylic acids is 1. The molecule has 8 heteroatoms. The predicted molar refractivity (Wildman–Crippen MR) is 130 cm³/mol. The van der Waals surface area contributed by atoms with Crippen molar-refractivity contribution in [3.8, 4) is 5.69 Å². The van der Waals surface area contributed by atoms with Crippen LogP contribution < -0.4 is 10.2 Å². The monoisotopic (exact) mass is 459 g/mol. The van der Waals surface area contributed by atoms with Crippen molar-refractivity contribution >= 4 is 46.9 Å². The fraction of sp³-hybridized carbons (Fsp3) is 0.120. The van der Waals surface area contributed by atoms with Crippen molar-refractivity contribution in [3.63, 3.8) is 0 Å². The molecule has 0 saturated carbocycles. The molecule has 1 fully saturated rings. The number of aromatic carboxylic acids is 1. The van der Waals surface area contributed by atoms with Crippen molar-refractivity contribution < 1.29 is 19.5 Å². The van der Waals surface area contributed by atoms with Crippen LogP contribution in [0.15, 0.2) is 60.2 Å². The van der Waals surface area contributed by atoms with Gasteiger partial charge in [0.05, 0.1) is 11.3 Å². The molecule has 7 nitrogen and oxygen atoms in total. The van der Waals surface area contributed by atoms with Crippen molar-refractivity contribution in [2.45, 2.75) is 20.8 Å². The first-order valence-corrected chi connectivity index (χ1v) is 10.6. The Labute approximate surface area is 196 Å². The Morgan fingerprint density at radius 2 is 1.70 bits per heavy atom. The number of aromatic nitrogens is 1. The highest BCUT2D eigenvalue weighted by atomic mass is 32.1. The first-order chi connectivity index (χ1) is 15.7. The average Bonchev–Trinajstić information content (AvgIpc) is 3.05. The number of carbonyl (C=O) groups excluding carboxylic acids is 2. The van der Waals surface area contributed by atoms with Crippen molar-refractivity contribution in [2.24, 2.45) is 0 Å². The molecule has 33 heavy (non-hydrogen) atoms. The number of nitrogens with one attached hydrogen (secondary N) is 1. The number of hydrogen-bond acceptors (Lipinski definition) is 4. The van der Waals surface area contributed by atoms with Crippen LogP contribution in [-0.2, 0) is 9.59 Å². The summed E-state index contributed by atoms with van der Waals surface area (Å²) < 4.78 is 2.05. The number of rotatable bonds is 4. The first kappa shape index (κ1) is 22.2. The number of carboxylic acid groups (broad SMARTS) is 1. The van der Waals surface area contributed by atoms with E-state index in [2.05, 4.69) is 9.88 Å². The van der Waals surface area contributed by atoms with Crippen LogP contribution in [0.25, 0.3) is 11.8 Å². The van der Waals surface area contributed by atoms with Gasteiger partial charge in [0.2, 0.25) is 0 Å². The number of thiocarbonyl (C=S) groups is 1. The van der Waals surface area contributed by atoms with E-state index in [-0.39, 0.29) is 21.9 Å². The Hall–Kier alpha value is -4.04. The summed E-state index contributed by atoms with van der Waals surface area (Å²) in [6, 6.07) is 15.8. The third-order valence-corrected chi connectivity index (χ3v) is 5.80. The molecule has 0 radical (unpaired) electrons. The van der Waals surface area contributed by atoms with Crippen molar-refractivity contribution in [2.75, 3.05) is 4.90 Å². The molecule has 1 aliphatic rings. The van der Waals surface area contributed by atoms with Gasteiger partial charge in [0, 0.05) is 17.1 Å². The van der Waals surface area contributed by atoms with E-state index in [1.807, 2.05) is 51.1 Å². The van der Waals surface area contributed by atoms with Crippen LogP contribution in [-0.4, -0.2) is 32.6 Å². The molecule has 3 aromatic rings. The smallest absolute Gasteiger partial charge is 0.335 e. The van der Waals surface area contributed by atoms with E-state index in [0.717, 1.165) is 33.1 Å². The summed E-state index contributed by atoms with van der Waals surface area (Å²) in [6.07, 6.45) is 1.54. The predicted octanol–water partition coefficient (Wildman–Crippen LogP) is 3.93. The lowest BCUT2D eigenvalue weighted by atomic mass is 10.1. The van der Waals surface area contributed by atoms with Gasteiger partial charge in [-0.3, -0.25) is 19.8 Å². The number of carbonyl (C=O) groups is 3. The third kappa shape index (κ3) is 4.08. The average molecular weight is 460 g/mol. The van der Waals surface area contributed by atoms with E-state index >= 15 is 0 Å². The number of nitrogens with zero attached hydrogens (tertiary/aromatic N) is 2. The highest BCUT2D eigenvalue weighted by Crippen LogP contribution is 2.26. The zero-order valence-electron chi connectivity index (χ0n) is 18.2. The topological polar surface area (TPSA) is 91.6 Å². The molecule has 0 atom stereocenters. The zero-order chi connectivity index (χ0) is 23.9. The molecular formula is C25H21N3O4S. The zero-order valence-corrected chi connectivity index (χ0v) is 19.1. The Bertz CT molecular complexity index is 1350. The van der Waals surface area contributed by atoms with E-state index in [1.54, 1.807) is 12.1 Å². The van der Waals surface area contributed by atoms with Gasteiger partial charge in [-0.25, -0.2) is 4.79 Å². The molecular weight excluding hydrogens is 438 g/mol. The van der Waals surface area contributed by atoms with E-state index in [9.17, 15) is 19.5 Å². The maximum absolute atomic E-state index is 13.3. The minimum absolute atomic E-state index is 0.00664. The van der Waals surface area contributed by atoms with Crippen LogP contribution in [0, 0.1) is 20.8 Å². The van der Waals surface area contributed by atoms with E-state index in [1.165, 1.54) is 18.2 Å². The number of amides is 2. The Kier molecular flexibility index (Phi) is 5.69. The second-order valence-corrected chi connectivity index (χ2v) is 8.20. The van der Waals surface area contributed by atoms with Gasteiger partial charge in [0.15, 0.2) is 5.11 Å². The highest BCUT2D eigenvalue weighted by molar-refractivity contribution is 7.80. The molecule has 2 amide bonds. The summed E-state index contributed by atoms with van der Waals surface area (Å²) in [5.41, 5.74) is 4.86. The Balaban J connectivity index is 1.76. The molecule has 1 saturated heterocycles. The summed E-state index contributed by atoms with van der Waals surface area (Å²) in [4.78, 5) is 38.4. The number of aryl methyl sites for hydroxylation is 2. The molecule has 4 rings (SSSR count). The number of anilines is 1. The van der Waals surface area contributed by atoms with Crippen LogP contribution in [0.1, 0.15) is 32.9 Å². The molecule has 1 aliphatic heterocycles. The second kappa shape index (κ2) is 8.48. The van der Waals surface area contributed by atoms with Crippen LogP contribution in [0.5, 0.6) is 0 Å². The Morgan fingerprint density at radius 3 is 2.36 bits per heavy atom.